The van der Waals surface area contributed by atoms with Gasteiger partial charge in [0, 0.05) is 18.0 Å². The molecular formula is C28H50N6O4. The number of hydrogen-bond acceptors (Lipinski definition) is 7. The maximum absolute atomic E-state index is 12.5. The van der Waals surface area contributed by atoms with Crippen LogP contribution in [0.2, 0.25) is 0 Å². The van der Waals surface area contributed by atoms with Gasteiger partial charge in [0.1, 0.15) is 5.75 Å². The molecule has 0 spiro atoms. The second-order valence-electron chi connectivity index (χ2n) is 11.4. The zero-order chi connectivity index (χ0) is 28.7. The number of amides is 1. The number of nitrogens with zero attached hydrogens (tertiary/aromatic N) is 3. The fourth-order valence-corrected chi connectivity index (χ4v) is 3.55. The average molecular weight is 535 g/mol. The second-order valence-corrected chi connectivity index (χ2v) is 11.4. The minimum Gasteiger partial charge on any atom is -0.494 e. The van der Waals surface area contributed by atoms with Crippen LogP contribution >= 0.6 is 0 Å². The van der Waals surface area contributed by atoms with Crippen LogP contribution in [0.5, 0.6) is 5.75 Å². The van der Waals surface area contributed by atoms with E-state index >= 15 is 0 Å². The number of carbonyl (C=O) groups excluding carboxylic acids is 1. The van der Waals surface area contributed by atoms with Crippen LogP contribution in [0.15, 0.2) is 29.4 Å². The maximum Gasteiger partial charge on any atom is 0.237 e. The summed E-state index contributed by atoms with van der Waals surface area (Å²) in [6, 6.07) is 7.03. The first-order valence-corrected chi connectivity index (χ1v) is 13.6. The highest BCUT2D eigenvalue weighted by molar-refractivity contribution is 5.81. The average Bonchev–Trinajstić information content (AvgIpc) is 2.87. The van der Waals surface area contributed by atoms with E-state index in [0.29, 0.717) is 58.7 Å². The molecule has 38 heavy (non-hydrogen) atoms. The van der Waals surface area contributed by atoms with Gasteiger partial charge >= 0.3 is 0 Å². The molecule has 0 aliphatic rings. The first-order chi connectivity index (χ1) is 17.9. The van der Waals surface area contributed by atoms with E-state index in [2.05, 4.69) is 36.1 Å². The molecule has 1 unspecified atom stereocenters. The van der Waals surface area contributed by atoms with E-state index in [1.807, 2.05) is 45.0 Å². The Morgan fingerprint density at radius 1 is 1.05 bits per heavy atom. The number of benzene rings is 1. The largest absolute Gasteiger partial charge is 0.494 e. The fraction of sp³-hybridized carbons (Fsp3) is 0.750. The predicted octanol–water partition coefficient (Wildman–Crippen LogP) is 4.50. The quantitative estimate of drug-likeness (QED) is 0.0967. The lowest BCUT2D eigenvalue weighted by Gasteiger charge is -2.31. The predicted molar refractivity (Wildman–Crippen MR) is 152 cm³/mol. The summed E-state index contributed by atoms with van der Waals surface area (Å²) in [4.78, 5) is 15.3. The lowest BCUT2D eigenvalue weighted by Crippen LogP contribution is -2.44. The summed E-state index contributed by atoms with van der Waals surface area (Å²) < 4.78 is 17.9. The van der Waals surface area contributed by atoms with Gasteiger partial charge in [0.15, 0.2) is 0 Å². The highest BCUT2D eigenvalue weighted by Crippen LogP contribution is 2.23. The first-order valence-electron chi connectivity index (χ1n) is 13.6. The van der Waals surface area contributed by atoms with Crippen molar-refractivity contribution in [3.63, 3.8) is 0 Å². The Balaban J connectivity index is 2.36. The number of hydrogen-bond donors (Lipinski definition) is 3. The molecule has 216 valence electrons. The Morgan fingerprint density at radius 2 is 1.74 bits per heavy atom. The van der Waals surface area contributed by atoms with Crippen LogP contribution in [0, 0.1) is 5.41 Å². The molecule has 10 heteroatoms. The molecule has 1 rings (SSSR count). The Bertz CT molecular complexity index is 871. The van der Waals surface area contributed by atoms with Crippen LogP contribution in [0.1, 0.15) is 72.8 Å². The van der Waals surface area contributed by atoms with E-state index in [1.54, 1.807) is 0 Å². The van der Waals surface area contributed by atoms with Crippen molar-refractivity contribution in [1.29, 1.82) is 0 Å². The zero-order valence-electron chi connectivity index (χ0n) is 24.3. The Labute approximate surface area is 228 Å². The third-order valence-corrected chi connectivity index (χ3v) is 6.92. The smallest absolute Gasteiger partial charge is 0.237 e. The molecule has 0 radical (unpaired) electrons. The number of carbonyl (C=O) groups is 1. The number of rotatable bonds is 20. The standard InChI is InChI=1S/C28H50N6O4/c1-7-28(6,14-18-37-27(4,5)12-15-33-34-31)38-19-16-32-25(35)24(30)20-22-8-10-23(11-9-22)36-17-13-26(2,3)21-29/h8-11,24H,7,12-21,29-30H2,1-6H3,(H,32,35)/t24-,28?/m0/s1. The van der Waals surface area contributed by atoms with Crippen molar-refractivity contribution >= 4 is 5.91 Å². The van der Waals surface area contributed by atoms with E-state index in [9.17, 15) is 4.79 Å². The van der Waals surface area contributed by atoms with Crippen molar-refractivity contribution < 1.29 is 19.0 Å². The molecule has 0 saturated heterocycles. The van der Waals surface area contributed by atoms with Gasteiger partial charge in [-0.3, -0.25) is 4.79 Å². The number of azide groups is 1. The van der Waals surface area contributed by atoms with E-state index in [-0.39, 0.29) is 22.5 Å². The van der Waals surface area contributed by atoms with Crippen molar-refractivity contribution in [1.82, 2.24) is 5.32 Å². The van der Waals surface area contributed by atoms with E-state index in [0.717, 1.165) is 24.2 Å². The van der Waals surface area contributed by atoms with Crippen LogP contribution in [0.25, 0.3) is 10.4 Å². The molecule has 5 N–H and O–H groups in total. The van der Waals surface area contributed by atoms with Crippen molar-refractivity contribution in [3.05, 3.63) is 40.3 Å². The zero-order valence-corrected chi connectivity index (χ0v) is 24.3. The van der Waals surface area contributed by atoms with Gasteiger partial charge in [-0.15, -0.1) is 0 Å². The van der Waals surface area contributed by atoms with Gasteiger partial charge in [-0.05, 0) is 88.1 Å². The molecule has 0 aromatic heterocycles. The van der Waals surface area contributed by atoms with Crippen LogP contribution in [0.4, 0.5) is 0 Å². The number of nitrogens with two attached hydrogens (primary N) is 2. The minimum absolute atomic E-state index is 0.0571. The van der Waals surface area contributed by atoms with Crippen LogP contribution in [-0.4, -0.2) is 62.6 Å². The molecule has 1 aromatic carbocycles. The fourth-order valence-electron chi connectivity index (χ4n) is 3.55. The van der Waals surface area contributed by atoms with Crippen molar-refractivity contribution in [2.24, 2.45) is 22.0 Å². The summed E-state index contributed by atoms with van der Waals surface area (Å²) in [5, 5.41) is 6.45. The summed E-state index contributed by atoms with van der Waals surface area (Å²) in [5.41, 5.74) is 20.6. The van der Waals surface area contributed by atoms with Crippen molar-refractivity contribution in [2.45, 2.75) is 90.9 Å². The van der Waals surface area contributed by atoms with Gasteiger partial charge < -0.3 is 31.0 Å². The van der Waals surface area contributed by atoms with Gasteiger partial charge in [0.05, 0.1) is 37.1 Å². The first kappa shape index (κ1) is 33.7. The van der Waals surface area contributed by atoms with Gasteiger partial charge in [-0.1, -0.05) is 38.0 Å². The minimum atomic E-state index is -0.648. The molecule has 0 aliphatic heterocycles. The Hall–Kier alpha value is -2.36. The monoisotopic (exact) mass is 534 g/mol. The van der Waals surface area contributed by atoms with E-state index in [4.69, 9.17) is 31.2 Å². The van der Waals surface area contributed by atoms with Crippen LogP contribution in [0.3, 0.4) is 0 Å². The molecule has 0 fully saturated rings. The molecule has 0 saturated carbocycles. The van der Waals surface area contributed by atoms with Gasteiger partial charge in [-0.2, -0.15) is 0 Å². The Kier molecular flexibility index (Phi) is 14.7. The highest BCUT2D eigenvalue weighted by atomic mass is 16.5. The molecule has 2 atom stereocenters. The van der Waals surface area contributed by atoms with E-state index < -0.39 is 6.04 Å². The third kappa shape index (κ3) is 14.0. The third-order valence-electron chi connectivity index (χ3n) is 6.92. The molecule has 10 nitrogen and oxygen atoms in total. The van der Waals surface area contributed by atoms with Crippen molar-refractivity contribution in [2.75, 3.05) is 39.5 Å². The Morgan fingerprint density at radius 3 is 2.34 bits per heavy atom. The van der Waals surface area contributed by atoms with Crippen molar-refractivity contribution in [3.8, 4) is 5.75 Å². The second kappa shape index (κ2) is 16.6. The molecule has 1 amide bonds. The summed E-state index contributed by atoms with van der Waals surface area (Å²) in [5.74, 6) is 0.582. The van der Waals surface area contributed by atoms with Gasteiger partial charge in [0.25, 0.3) is 0 Å². The van der Waals surface area contributed by atoms with Gasteiger partial charge in [0.2, 0.25) is 5.91 Å². The highest BCUT2D eigenvalue weighted by Gasteiger charge is 2.25. The lowest BCUT2D eigenvalue weighted by atomic mass is 9.90. The molecule has 0 bridgehead atoms. The lowest BCUT2D eigenvalue weighted by molar-refractivity contribution is -0.123. The SMILES string of the molecule is CCC(C)(CCOC(C)(C)CCN=[N+]=[N-])OCCNC(=O)[C@@H](N)Cc1ccc(OCCC(C)(C)CN)cc1. The maximum atomic E-state index is 12.5. The van der Waals surface area contributed by atoms with Gasteiger partial charge in [-0.25, -0.2) is 0 Å². The summed E-state index contributed by atoms with van der Waals surface area (Å²) in [7, 11) is 0. The molecule has 0 aliphatic carbocycles. The molecular weight excluding hydrogens is 484 g/mol. The summed E-state index contributed by atoms with van der Waals surface area (Å²) >= 11 is 0. The summed E-state index contributed by atoms with van der Waals surface area (Å²) in [6.07, 6.45) is 3.49. The van der Waals surface area contributed by atoms with Crippen LogP contribution < -0.4 is 21.5 Å². The number of nitrogens with one attached hydrogen (secondary N) is 1. The summed E-state index contributed by atoms with van der Waals surface area (Å²) in [6.45, 7) is 15.2. The topological polar surface area (TPSA) is 158 Å². The normalized spacial score (nSPS) is 14.3. The molecule has 1 aromatic rings. The van der Waals surface area contributed by atoms with E-state index in [1.165, 1.54) is 0 Å². The molecule has 0 heterocycles. The number of ether oxygens (including phenoxy) is 3. The van der Waals surface area contributed by atoms with Crippen LogP contribution in [-0.2, 0) is 20.7 Å².